The van der Waals surface area contributed by atoms with Crippen molar-refractivity contribution in [2.45, 2.75) is 26.9 Å². The van der Waals surface area contributed by atoms with Gasteiger partial charge in [0, 0.05) is 12.3 Å². The number of esters is 1. The molecule has 0 aliphatic carbocycles. The fraction of sp³-hybridized carbons (Fsp3) is 0.227. The molecule has 1 amide bonds. The number of aromatic nitrogens is 1. The van der Waals surface area contributed by atoms with Crippen LogP contribution in [0.25, 0.3) is 0 Å². The molecule has 0 saturated carbocycles. The summed E-state index contributed by atoms with van der Waals surface area (Å²) in [7, 11) is 0. The minimum atomic E-state index is -0.362. The molecular formula is C22H22N2O4S. The molecule has 7 heteroatoms. The van der Waals surface area contributed by atoms with Crippen LogP contribution in [0.15, 0.2) is 60.0 Å². The lowest BCUT2D eigenvalue weighted by Gasteiger charge is -2.17. The standard InChI is InChI=1S/C22H22N2O4S/c1-16-7-6-10-20(13-16)27-12-11-21(26)28-14-18-15-29-22(23-18)24(17(2)25)19-8-4-3-5-9-19/h3-10,13,15H,11-12,14H2,1-2H3. The Balaban J connectivity index is 1.50. The molecule has 0 saturated heterocycles. The van der Waals surface area contributed by atoms with E-state index >= 15 is 0 Å². The number of rotatable bonds is 8. The third kappa shape index (κ3) is 5.89. The van der Waals surface area contributed by atoms with Crippen molar-refractivity contribution >= 4 is 34.0 Å². The summed E-state index contributed by atoms with van der Waals surface area (Å²) >= 11 is 1.33. The molecule has 0 fully saturated rings. The van der Waals surface area contributed by atoms with E-state index in [1.165, 1.54) is 23.2 Å². The fourth-order valence-electron chi connectivity index (χ4n) is 2.65. The van der Waals surface area contributed by atoms with E-state index in [4.69, 9.17) is 9.47 Å². The second kappa shape index (κ2) is 9.84. The Morgan fingerprint density at radius 1 is 1.10 bits per heavy atom. The highest BCUT2D eigenvalue weighted by atomic mass is 32.1. The number of ether oxygens (including phenoxy) is 2. The quantitative estimate of drug-likeness (QED) is 0.506. The van der Waals surface area contributed by atoms with Crippen LogP contribution in [0, 0.1) is 6.92 Å². The first-order chi connectivity index (χ1) is 14.0. The lowest BCUT2D eigenvalue weighted by molar-refractivity contribution is -0.145. The molecule has 0 aliphatic rings. The van der Waals surface area contributed by atoms with Gasteiger partial charge in [-0.25, -0.2) is 4.98 Å². The van der Waals surface area contributed by atoms with Gasteiger partial charge in [0.15, 0.2) is 5.13 Å². The molecule has 0 aliphatic heterocycles. The fourth-order valence-corrected chi connectivity index (χ4v) is 3.52. The molecule has 0 radical (unpaired) electrons. The molecule has 29 heavy (non-hydrogen) atoms. The highest BCUT2D eigenvalue weighted by Crippen LogP contribution is 2.28. The minimum Gasteiger partial charge on any atom is -0.493 e. The number of carbonyl (C=O) groups excluding carboxylic acids is 2. The molecule has 2 aromatic carbocycles. The zero-order chi connectivity index (χ0) is 20.6. The Kier molecular flexibility index (Phi) is 6.97. The number of thiazole rings is 1. The van der Waals surface area contributed by atoms with Gasteiger partial charge in [-0.05, 0) is 36.8 Å². The zero-order valence-corrected chi connectivity index (χ0v) is 17.1. The van der Waals surface area contributed by atoms with Crippen molar-refractivity contribution < 1.29 is 19.1 Å². The molecule has 6 nitrogen and oxygen atoms in total. The molecule has 0 unspecified atom stereocenters. The van der Waals surface area contributed by atoms with Gasteiger partial charge < -0.3 is 9.47 Å². The second-order valence-corrected chi connectivity index (χ2v) is 7.22. The van der Waals surface area contributed by atoms with Crippen LogP contribution in [-0.4, -0.2) is 23.5 Å². The van der Waals surface area contributed by atoms with Gasteiger partial charge in [0.05, 0.1) is 24.4 Å². The molecule has 1 aromatic heterocycles. The number of amides is 1. The predicted octanol–water partition coefficient (Wildman–Crippen LogP) is 4.65. The highest BCUT2D eigenvalue weighted by Gasteiger charge is 2.18. The summed E-state index contributed by atoms with van der Waals surface area (Å²) in [4.78, 5) is 30.0. The third-order valence-corrected chi connectivity index (χ3v) is 4.88. The topological polar surface area (TPSA) is 68.7 Å². The first-order valence-corrected chi connectivity index (χ1v) is 10.1. The second-order valence-electron chi connectivity index (χ2n) is 6.39. The number of hydrogen-bond acceptors (Lipinski definition) is 6. The predicted molar refractivity (Wildman–Crippen MR) is 112 cm³/mol. The summed E-state index contributed by atoms with van der Waals surface area (Å²) in [6.07, 6.45) is 0.147. The normalized spacial score (nSPS) is 10.4. The van der Waals surface area contributed by atoms with Crippen LogP contribution >= 0.6 is 11.3 Å². The van der Waals surface area contributed by atoms with E-state index < -0.39 is 0 Å². The Bertz CT molecular complexity index is 972. The molecule has 3 rings (SSSR count). The van der Waals surface area contributed by atoms with E-state index in [1.54, 1.807) is 5.38 Å². The number of hydrogen-bond donors (Lipinski definition) is 0. The maximum absolute atomic E-state index is 12.1. The molecule has 0 atom stereocenters. The summed E-state index contributed by atoms with van der Waals surface area (Å²) < 4.78 is 10.8. The Morgan fingerprint density at radius 3 is 2.62 bits per heavy atom. The van der Waals surface area contributed by atoms with Crippen LogP contribution in [0.5, 0.6) is 5.75 Å². The van der Waals surface area contributed by atoms with Gasteiger partial charge in [-0.3, -0.25) is 14.5 Å². The summed E-state index contributed by atoms with van der Waals surface area (Å²) in [6.45, 7) is 3.77. The average molecular weight is 410 g/mol. The largest absolute Gasteiger partial charge is 0.493 e. The van der Waals surface area contributed by atoms with E-state index in [9.17, 15) is 9.59 Å². The van der Waals surface area contributed by atoms with Gasteiger partial charge in [0.1, 0.15) is 12.4 Å². The van der Waals surface area contributed by atoms with Gasteiger partial charge in [-0.15, -0.1) is 11.3 Å². The van der Waals surface area contributed by atoms with Crippen LogP contribution < -0.4 is 9.64 Å². The summed E-state index contributed by atoms with van der Waals surface area (Å²) in [5.74, 6) is 0.230. The number of anilines is 2. The van der Waals surface area contributed by atoms with E-state index in [0.717, 1.165) is 17.0 Å². The van der Waals surface area contributed by atoms with Crippen LogP contribution in [0.1, 0.15) is 24.6 Å². The highest BCUT2D eigenvalue weighted by molar-refractivity contribution is 7.14. The van der Waals surface area contributed by atoms with Crippen molar-refractivity contribution in [3.8, 4) is 5.75 Å². The molecule has 3 aromatic rings. The van der Waals surface area contributed by atoms with Crippen LogP contribution in [0.4, 0.5) is 10.8 Å². The van der Waals surface area contributed by atoms with Crippen LogP contribution in [0.3, 0.4) is 0 Å². The Morgan fingerprint density at radius 2 is 1.90 bits per heavy atom. The maximum Gasteiger partial charge on any atom is 0.309 e. The van der Waals surface area contributed by atoms with Crippen LogP contribution in [-0.2, 0) is 20.9 Å². The van der Waals surface area contributed by atoms with E-state index in [-0.39, 0.29) is 31.5 Å². The SMILES string of the molecule is CC(=O)N(c1ccccc1)c1nc(COC(=O)CCOc2cccc(C)c2)cs1. The lowest BCUT2D eigenvalue weighted by Crippen LogP contribution is -2.22. The van der Waals surface area contributed by atoms with E-state index in [2.05, 4.69) is 4.98 Å². The van der Waals surface area contributed by atoms with Gasteiger partial charge in [-0.2, -0.15) is 0 Å². The maximum atomic E-state index is 12.1. The lowest BCUT2D eigenvalue weighted by atomic mass is 10.2. The van der Waals surface area contributed by atoms with Gasteiger partial charge in [0.2, 0.25) is 5.91 Å². The monoisotopic (exact) mass is 410 g/mol. The summed E-state index contributed by atoms with van der Waals surface area (Å²) in [5, 5.41) is 2.32. The van der Waals surface area contributed by atoms with Crippen LogP contribution in [0.2, 0.25) is 0 Å². The van der Waals surface area contributed by atoms with Gasteiger partial charge in [0.25, 0.3) is 0 Å². The Labute approximate surface area is 173 Å². The number of para-hydroxylation sites is 1. The Hall–Kier alpha value is -3.19. The third-order valence-electron chi connectivity index (χ3n) is 4.01. The number of carbonyl (C=O) groups is 2. The summed E-state index contributed by atoms with van der Waals surface area (Å²) in [5.41, 5.74) is 2.44. The molecule has 0 bridgehead atoms. The number of aryl methyl sites for hydroxylation is 1. The average Bonchev–Trinajstić information content (AvgIpc) is 3.15. The number of nitrogens with zero attached hydrogens (tertiary/aromatic N) is 2. The van der Waals surface area contributed by atoms with Crippen molar-refractivity contribution in [1.82, 2.24) is 4.98 Å². The van der Waals surface area contributed by atoms with E-state index in [0.29, 0.717) is 10.8 Å². The van der Waals surface area contributed by atoms with Crippen molar-refractivity contribution in [2.24, 2.45) is 0 Å². The molecule has 150 valence electrons. The van der Waals surface area contributed by atoms with Gasteiger partial charge in [-0.1, -0.05) is 30.3 Å². The smallest absolute Gasteiger partial charge is 0.309 e. The van der Waals surface area contributed by atoms with E-state index in [1.807, 2.05) is 61.5 Å². The molecule has 1 heterocycles. The minimum absolute atomic E-state index is 0.0559. The molecule has 0 N–H and O–H groups in total. The first-order valence-electron chi connectivity index (χ1n) is 9.18. The zero-order valence-electron chi connectivity index (χ0n) is 16.3. The first kappa shape index (κ1) is 20.5. The number of benzene rings is 2. The molecular weight excluding hydrogens is 388 g/mol. The van der Waals surface area contributed by atoms with Crippen molar-refractivity contribution in [2.75, 3.05) is 11.5 Å². The van der Waals surface area contributed by atoms with Crippen molar-refractivity contribution in [3.05, 3.63) is 71.2 Å². The van der Waals surface area contributed by atoms with Crippen molar-refractivity contribution in [3.63, 3.8) is 0 Å². The molecule has 0 spiro atoms. The summed E-state index contributed by atoms with van der Waals surface area (Å²) in [6, 6.07) is 16.9. The van der Waals surface area contributed by atoms with Crippen molar-refractivity contribution in [1.29, 1.82) is 0 Å². The van der Waals surface area contributed by atoms with Gasteiger partial charge >= 0.3 is 5.97 Å².